The standard InChI is InChI=1S/C18H15Cl3N4O2/c1-2-26-17-7-12(8-24-25-10-22-23-11-25)3-6-16(17)27-9-13-14(19)4-5-15(20)18(13)21/h3-8,10-11H,2,9H2,1H3/b24-8+. The zero-order valence-electron chi connectivity index (χ0n) is 14.3. The van der Waals surface area contributed by atoms with Gasteiger partial charge in [-0.05, 0) is 42.8 Å². The Morgan fingerprint density at radius 1 is 1.00 bits per heavy atom. The van der Waals surface area contributed by atoms with Gasteiger partial charge in [-0.15, -0.1) is 10.2 Å². The van der Waals surface area contributed by atoms with Gasteiger partial charge in [0.2, 0.25) is 0 Å². The first-order valence-corrected chi connectivity index (χ1v) is 9.13. The van der Waals surface area contributed by atoms with Crippen molar-refractivity contribution < 1.29 is 9.47 Å². The summed E-state index contributed by atoms with van der Waals surface area (Å²) in [4.78, 5) is 0. The molecule has 0 radical (unpaired) electrons. The molecule has 0 bridgehead atoms. The lowest BCUT2D eigenvalue weighted by atomic mass is 10.2. The molecule has 0 amide bonds. The molecule has 0 aliphatic carbocycles. The Labute approximate surface area is 171 Å². The van der Waals surface area contributed by atoms with Crippen LogP contribution < -0.4 is 9.47 Å². The number of halogens is 3. The van der Waals surface area contributed by atoms with Crippen LogP contribution >= 0.6 is 34.8 Å². The lowest BCUT2D eigenvalue weighted by Gasteiger charge is -2.14. The molecule has 1 aromatic heterocycles. The van der Waals surface area contributed by atoms with Crippen molar-refractivity contribution in [3.8, 4) is 11.5 Å². The fraction of sp³-hybridized carbons (Fsp3) is 0.167. The van der Waals surface area contributed by atoms with E-state index in [0.717, 1.165) is 5.56 Å². The normalized spacial score (nSPS) is 11.1. The van der Waals surface area contributed by atoms with Gasteiger partial charge in [-0.2, -0.15) is 5.10 Å². The fourth-order valence-electron chi connectivity index (χ4n) is 2.23. The molecule has 0 aliphatic heterocycles. The van der Waals surface area contributed by atoms with Gasteiger partial charge in [0.1, 0.15) is 19.3 Å². The number of hydrogen-bond donors (Lipinski definition) is 0. The summed E-state index contributed by atoms with van der Waals surface area (Å²) in [6.07, 6.45) is 4.66. The summed E-state index contributed by atoms with van der Waals surface area (Å²) in [6, 6.07) is 8.80. The largest absolute Gasteiger partial charge is 0.490 e. The number of hydrogen-bond acceptors (Lipinski definition) is 5. The van der Waals surface area contributed by atoms with Crippen LogP contribution in [-0.4, -0.2) is 27.7 Å². The zero-order chi connectivity index (χ0) is 19.2. The first kappa shape index (κ1) is 19.5. The third-order valence-corrected chi connectivity index (χ3v) is 4.72. The van der Waals surface area contributed by atoms with Gasteiger partial charge in [-0.1, -0.05) is 34.8 Å². The van der Waals surface area contributed by atoms with Gasteiger partial charge in [0, 0.05) is 10.6 Å². The minimum atomic E-state index is 0.159. The topological polar surface area (TPSA) is 61.5 Å². The Morgan fingerprint density at radius 2 is 1.74 bits per heavy atom. The molecule has 0 fully saturated rings. The summed E-state index contributed by atoms with van der Waals surface area (Å²) in [6.45, 7) is 2.54. The van der Waals surface area contributed by atoms with E-state index in [2.05, 4.69) is 15.3 Å². The van der Waals surface area contributed by atoms with Crippen LogP contribution in [-0.2, 0) is 6.61 Å². The van der Waals surface area contributed by atoms with Crippen molar-refractivity contribution in [3.63, 3.8) is 0 Å². The summed E-state index contributed by atoms with van der Waals surface area (Å²) < 4.78 is 13.0. The zero-order valence-corrected chi connectivity index (χ0v) is 16.5. The molecule has 0 aliphatic rings. The second-order valence-electron chi connectivity index (χ2n) is 5.34. The molecular formula is C18H15Cl3N4O2. The molecule has 9 heteroatoms. The van der Waals surface area contributed by atoms with Crippen molar-refractivity contribution in [3.05, 3.63) is 69.2 Å². The fourth-order valence-corrected chi connectivity index (χ4v) is 2.89. The van der Waals surface area contributed by atoms with E-state index in [4.69, 9.17) is 44.3 Å². The number of nitrogens with zero attached hydrogens (tertiary/aromatic N) is 4. The van der Waals surface area contributed by atoms with E-state index in [9.17, 15) is 0 Å². The van der Waals surface area contributed by atoms with Crippen molar-refractivity contribution in [2.45, 2.75) is 13.5 Å². The van der Waals surface area contributed by atoms with Crippen LogP contribution in [0.1, 0.15) is 18.1 Å². The highest BCUT2D eigenvalue weighted by molar-refractivity contribution is 6.44. The first-order valence-electron chi connectivity index (χ1n) is 7.99. The van der Waals surface area contributed by atoms with Gasteiger partial charge in [-0.25, -0.2) is 4.68 Å². The highest BCUT2D eigenvalue weighted by Crippen LogP contribution is 2.34. The molecule has 140 valence electrons. The van der Waals surface area contributed by atoms with E-state index < -0.39 is 0 Å². The highest BCUT2D eigenvalue weighted by atomic mass is 35.5. The van der Waals surface area contributed by atoms with Gasteiger partial charge in [0.25, 0.3) is 0 Å². The number of benzene rings is 2. The molecule has 2 aromatic carbocycles. The molecule has 1 heterocycles. The third-order valence-electron chi connectivity index (χ3n) is 3.53. The Morgan fingerprint density at radius 3 is 2.48 bits per heavy atom. The van der Waals surface area contributed by atoms with Crippen LogP contribution in [0.15, 0.2) is 48.1 Å². The van der Waals surface area contributed by atoms with Crippen molar-refractivity contribution >= 4 is 41.0 Å². The van der Waals surface area contributed by atoms with E-state index in [1.165, 1.54) is 17.3 Å². The van der Waals surface area contributed by atoms with Crippen LogP contribution in [0.25, 0.3) is 0 Å². The lowest BCUT2D eigenvalue weighted by Crippen LogP contribution is -2.02. The lowest BCUT2D eigenvalue weighted by molar-refractivity contribution is 0.269. The molecular weight excluding hydrogens is 411 g/mol. The minimum absolute atomic E-state index is 0.159. The molecule has 0 N–H and O–H groups in total. The average molecular weight is 426 g/mol. The summed E-state index contributed by atoms with van der Waals surface area (Å²) in [5.41, 5.74) is 1.45. The quantitative estimate of drug-likeness (QED) is 0.390. The average Bonchev–Trinajstić information content (AvgIpc) is 3.18. The Hall–Kier alpha value is -2.28. The van der Waals surface area contributed by atoms with Crippen molar-refractivity contribution in [2.75, 3.05) is 6.61 Å². The van der Waals surface area contributed by atoms with Gasteiger partial charge in [0.05, 0.1) is 22.9 Å². The second kappa shape index (κ2) is 9.08. The van der Waals surface area contributed by atoms with E-state index >= 15 is 0 Å². The van der Waals surface area contributed by atoms with E-state index in [1.54, 1.807) is 24.4 Å². The molecule has 0 saturated carbocycles. The highest BCUT2D eigenvalue weighted by Gasteiger charge is 2.12. The van der Waals surface area contributed by atoms with Gasteiger partial charge < -0.3 is 9.47 Å². The molecule has 0 unspecified atom stereocenters. The summed E-state index contributed by atoms with van der Waals surface area (Å²) in [5.74, 6) is 1.14. The predicted molar refractivity (Wildman–Crippen MR) is 106 cm³/mol. The maximum absolute atomic E-state index is 6.22. The molecule has 0 spiro atoms. The van der Waals surface area contributed by atoms with Gasteiger partial charge in [0.15, 0.2) is 11.5 Å². The van der Waals surface area contributed by atoms with Crippen molar-refractivity contribution in [1.82, 2.24) is 14.9 Å². The van der Waals surface area contributed by atoms with Crippen LogP contribution in [0.2, 0.25) is 15.1 Å². The predicted octanol–water partition coefficient (Wildman–Crippen LogP) is 5.10. The third kappa shape index (κ3) is 4.91. The summed E-state index contributed by atoms with van der Waals surface area (Å²) in [5, 5.41) is 12.9. The Balaban J connectivity index is 1.80. The molecule has 27 heavy (non-hydrogen) atoms. The van der Waals surface area contributed by atoms with Gasteiger partial charge in [-0.3, -0.25) is 0 Å². The van der Waals surface area contributed by atoms with Crippen LogP contribution in [0.5, 0.6) is 11.5 Å². The van der Waals surface area contributed by atoms with E-state index in [1.807, 2.05) is 19.1 Å². The van der Waals surface area contributed by atoms with Gasteiger partial charge >= 0.3 is 0 Å². The number of aromatic nitrogens is 3. The second-order valence-corrected chi connectivity index (χ2v) is 6.53. The summed E-state index contributed by atoms with van der Waals surface area (Å²) >= 11 is 18.5. The molecule has 0 atom stereocenters. The number of ether oxygens (including phenoxy) is 2. The van der Waals surface area contributed by atoms with Crippen LogP contribution in [0.3, 0.4) is 0 Å². The van der Waals surface area contributed by atoms with E-state index in [-0.39, 0.29) is 6.61 Å². The molecule has 3 rings (SSSR count). The molecule has 6 nitrogen and oxygen atoms in total. The smallest absolute Gasteiger partial charge is 0.161 e. The van der Waals surface area contributed by atoms with Crippen LogP contribution in [0.4, 0.5) is 0 Å². The molecule has 3 aromatic rings. The first-order chi connectivity index (χ1) is 13.1. The summed E-state index contributed by atoms with van der Waals surface area (Å²) in [7, 11) is 0. The number of rotatable bonds is 7. The minimum Gasteiger partial charge on any atom is -0.490 e. The van der Waals surface area contributed by atoms with Crippen molar-refractivity contribution in [2.24, 2.45) is 5.10 Å². The van der Waals surface area contributed by atoms with Crippen LogP contribution in [0, 0.1) is 0 Å². The Bertz CT molecular complexity index is 946. The maximum atomic E-state index is 6.22. The molecule has 0 saturated heterocycles. The van der Waals surface area contributed by atoms with E-state index in [0.29, 0.717) is 38.7 Å². The maximum Gasteiger partial charge on any atom is 0.161 e. The Kier molecular flexibility index (Phi) is 6.55. The van der Waals surface area contributed by atoms with Crippen molar-refractivity contribution in [1.29, 1.82) is 0 Å². The SMILES string of the molecule is CCOc1cc(/C=N/n2cnnc2)ccc1OCc1c(Cl)ccc(Cl)c1Cl. The monoisotopic (exact) mass is 424 g/mol.